The zero-order valence-electron chi connectivity index (χ0n) is 14.8. The molecule has 1 heterocycles. The molecule has 0 aliphatic carbocycles. The van der Waals surface area contributed by atoms with Crippen molar-refractivity contribution in [2.75, 3.05) is 5.32 Å². The van der Waals surface area contributed by atoms with Crippen LogP contribution in [0.15, 0.2) is 84.9 Å². The topological polar surface area (TPSA) is 51.1 Å². The van der Waals surface area contributed by atoms with Gasteiger partial charge in [-0.25, -0.2) is 0 Å². The Balaban J connectivity index is 1.82. The summed E-state index contributed by atoms with van der Waals surface area (Å²) >= 11 is 0. The summed E-state index contributed by atoms with van der Waals surface area (Å²) in [6, 6.07) is 26.3. The molecule has 27 heavy (non-hydrogen) atoms. The Morgan fingerprint density at radius 2 is 1.48 bits per heavy atom. The molecule has 4 rings (SSSR count). The maximum atomic E-state index is 12.6. The van der Waals surface area contributed by atoms with Gasteiger partial charge in [0, 0.05) is 23.4 Å². The molecule has 0 unspecified atom stereocenters. The first-order chi connectivity index (χ1) is 13.1. The number of rotatable bonds is 3. The third kappa shape index (κ3) is 3.13. The molecule has 4 aromatic rings. The highest BCUT2D eigenvalue weighted by Gasteiger charge is 2.17. The van der Waals surface area contributed by atoms with Crippen LogP contribution in [-0.2, 0) is 0 Å². The molecule has 4 heteroatoms. The van der Waals surface area contributed by atoms with E-state index in [1.165, 1.54) is 0 Å². The Labute approximate surface area is 157 Å². The Morgan fingerprint density at radius 1 is 0.815 bits per heavy atom. The van der Waals surface area contributed by atoms with Gasteiger partial charge in [-0.05, 0) is 30.3 Å². The Morgan fingerprint density at radius 3 is 2.26 bits per heavy atom. The highest BCUT2D eigenvalue weighted by atomic mass is 16.2. The SMILES string of the molecule is CC(=O)n1c(-c2ccccc2NC(=O)c2ccccc2)cc2ccccc21. The molecule has 0 radical (unpaired) electrons. The summed E-state index contributed by atoms with van der Waals surface area (Å²) in [6.45, 7) is 1.54. The molecule has 1 aromatic heterocycles. The van der Waals surface area contributed by atoms with Crippen LogP contribution in [0.4, 0.5) is 5.69 Å². The number of nitrogens with one attached hydrogen (secondary N) is 1. The fraction of sp³-hybridized carbons (Fsp3) is 0.0435. The van der Waals surface area contributed by atoms with Crippen LogP contribution in [0.25, 0.3) is 22.2 Å². The zero-order valence-corrected chi connectivity index (χ0v) is 14.8. The van der Waals surface area contributed by atoms with Gasteiger partial charge in [-0.1, -0.05) is 54.6 Å². The van der Waals surface area contributed by atoms with Crippen molar-refractivity contribution in [3.05, 3.63) is 90.5 Å². The van der Waals surface area contributed by atoms with E-state index in [2.05, 4.69) is 5.32 Å². The van der Waals surface area contributed by atoms with Crippen molar-refractivity contribution in [1.29, 1.82) is 0 Å². The maximum Gasteiger partial charge on any atom is 0.255 e. The molecule has 3 aromatic carbocycles. The zero-order chi connectivity index (χ0) is 18.8. The number of hydrogen-bond acceptors (Lipinski definition) is 2. The van der Waals surface area contributed by atoms with Crippen molar-refractivity contribution in [3.8, 4) is 11.3 Å². The molecule has 132 valence electrons. The van der Waals surface area contributed by atoms with Gasteiger partial charge >= 0.3 is 0 Å². The predicted octanol–water partition coefficient (Wildman–Crippen LogP) is 5.22. The molecule has 0 fully saturated rings. The molecular formula is C23H18N2O2. The number of hydrogen-bond donors (Lipinski definition) is 1. The molecule has 0 aliphatic rings. The van der Waals surface area contributed by atoms with Gasteiger partial charge in [-0.2, -0.15) is 0 Å². The van der Waals surface area contributed by atoms with Gasteiger partial charge in [0.1, 0.15) is 0 Å². The first kappa shape index (κ1) is 16.8. The summed E-state index contributed by atoms with van der Waals surface area (Å²) in [5, 5.41) is 3.95. The minimum atomic E-state index is -0.187. The van der Waals surface area contributed by atoms with E-state index in [0.29, 0.717) is 11.3 Å². The van der Waals surface area contributed by atoms with E-state index in [-0.39, 0.29) is 11.8 Å². The summed E-state index contributed by atoms with van der Waals surface area (Å²) in [5.41, 5.74) is 3.65. The predicted molar refractivity (Wildman–Crippen MR) is 108 cm³/mol. The molecule has 0 aliphatic heterocycles. The lowest BCUT2D eigenvalue weighted by molar-refractivity contribution is 0.0943. The van der Waals surface area contributed by atoms with E-state index >= 15 is 0 Å². The molecule has 0 atom stereocenters. The molecule has 4 nitrogen and oxygen atoms in total. The van der Waals surface area contributed by atoms with E-state index in [0.717, 1.165) is 22.2 Å². The lowest BCUT2D eigenvalue weighted by atomic mass is 10.1. The van der Waals surface area contributed by atoms with Crippen LogP contribution < -0.4 is 5.32 Å². The van der Waals surface area contributed by atoms with Crippen LogP contribution >= 0.6 is 0 Å². The van der Waals surface area contributed by atoms with Crippen LogP contribution in [0.1, 0.15) is 22.1 Å². The lowest BCUT2D eigenvalue weighted by Crippen LogP contribution is -2.13. The number of aromatic nitrogens is 1. The van der Waals surface area contributed by atoms with Crippen LogP contribution in [0.5, 0.6) is 0 Å². The third-order valence-corrected chi connectivity index (χ3v) is 4.51. The van der Waals surface area contributed by atoms with Gasteiger partial charge in [0.05, 0.1) is 16.9 Å². The Hall–Kier alpha value is -3.66. The van der Waals surface area contributed by atoms with E-state index in [1.54, 1.807) is 23.6 Å². The van der Waals surface area contributed by atoms with Crippen molar-refractivity contribution in [3.63, 3.8) is 0 Å². The van der Waals surface area contributed by atoms with E-state index in [1.807, 2.05) is 72.8 Å². The van der Waals surface area contributed by atoms with E-state index < -0.39 is 0 Å². The van der Waals surface area contributed by atoms with E-state index in [4.69, 9.17) is 0 Å². The second-order valence-corrected chi connectivity index (χ2v) is 6.31. The molecular weight excluding hydrogens is 336 g/mol. The second kappa shape index (κ2) is 6.92. The lowest BCUT2D eigenvalue weighted by Gasteiger charge is -2.13. The number of amides is 1. The van der Waals surface area contributed by atoms with Crippen LogP contribution in [0.2, 0.25) is 0 Å². The molecule has 1 N–H and O–H groups in total. The number of benzene rings is 3. The van der Waals surface area contributed by atoms with Gasteiger partial charge < -0.3 is 5.32 Å². The smallest absolute Gasteiger partial charge is 0.255 e. The fourth-order valence-electron chi connectivity index (χ4n) is 3.29. The molecule has 0 saturated heterocycles. The average Bonchev–Trinajstić information content (AvgIpc) is 3.08. The number of fused-ring (bicyclic) bond motifs is 1. The summed E-state index contributed by atoms with van der Waals surface area (Å²) in [4.78, 5) is 24.9. The van der Waals surface area contributed by atoms with Gasteiger partial charge in [0.15, 0.2) is 0 Å². The Bertz CT molecular complexity index is 1140. The Kier molecular flexibility index (Phi) is 4.30. The fourth-order valence-corrected chi connectivity index (χ4v) is 3.29. The standard InChI is InChI=1S/C23H18N2O2/c1-16(26)25-21-14-8-5-11-18(21)15-22(25)19-12-6-7-13-20(19)24-23(27)17-9-3-2-4-10-17/h2-15H,1H3,(H,24,27). The monoisotopic (exact) mass is 354 g/mol. The third-order valence-electron chi connectivity index (χ3n) is 4.51. The second-order valence-electron chi connectivity index (χ2n) is 6.31. The minimum absolute atomic E-state index is 0.0737. The van der Waals surface area contributed by atoms with Crippen molar-refractivity contribution >= 4 is 28.4 Å². The van der Waals surface area contributed by atoms with Gasteiger partial charge in [0.25, 0.3) is 5.91 Å². The summed E-state index contributed by atoms with van der Waals surface area (Å²) < 4.78 is 1.68. The largest absolute Gasteiger partial charge is 0.321 e. The van der Waals surface area contributed by atoms with Crippen LogP contribution in [0.3, 0.4) is 0 Å². The maximum absolute atomic E-state index is 12.6. The van der Waals surface area contributed by atoms with Gasteiger partial charge in [0.2, 0.25) is 5.91 Å². The van der Waals surface area contributed by atoms with Crippen molar-refractivity contribution in [2.45, 2.75) is 6.92 Å². The number of carbonyl (C=O) groups is 2. The minimum Gasteiger partial charge on any atom is -0.321 e. The van der Waals surface area contributed by atoms with Gasteiger partial charge in [-0.15, -0.1) is 0 Å². The molecule has 0 bridgehead atoms. The van der Waals surface area contributed by atoms with Gasteiger partial charge in [-0.3, -0.25) is 14.2 Å². The molecule has 1 amide bonds. The highest BCUT2D eigenvalue weighted by molar-refractivity contribution is 6.07. The first-order valence-corrected chi connectivity index (χ1v) is 8.72. The van der Waals surface area contributed by atoms with E-state index in [9.17, 15) is 9.59 Å². The highest BCUT2D eigenvalue weighted by Crippen LogP contribution is 2.33. The summed E-state index contributed by atoms with van der Waals surface area (Å²) in [5.74, 6) is -0.260. The number of anilines is 1. The normalized spacial score (nSPS) is 10.7. The molecule has 0 spiro atoms. The number of para-hydroxylation sites is 2. The number of carbonyl (C=O) groups excluding carboxylic acids is 2. The molecule has 0 saturated carbocycles. The quantitative estimate of drug-likeness (QED) is 0.548. The number of nitrogens with zero attached hydrogens (tertiary/aromatic N) is 1. The average molecular weight is 354 g/mol. The van der Waals surface area contributed by atoms with Crippen molar-refractivity contribution < 1.29 is 9.59 Å². The van der Waals surface area contributed by atoms with Crippen LogP contribution in [0, 0.1) is 0 Å². The van der Waals surface area contributed by atoms with Crippen LogP contribution in [-0.4, -0.2) is 16.4 Å². The first-order valence-electron chi connectivity index (χ1n) is 8.72. The van der Waals surface area contributed by atoms with Crippen molar-refractivity contribution in [1.82, 2.24) is 4.57 Å². The summed E-state index contributed by atoms with van der Waals surface area (Å²) in [7, 11) is 0. The van der Waals surface area contributed by atoms with Crippen molar-refractivity contribution in [2.24, 2.45) is 0 Å². The summed E-state index contributed by atoms with van der Waals surface area (Å²) in [6.07, 6.45) is 0.